The van der Waals surface area contributed by atoms with Gasteiger partial charge in [-0.05, 0) is 6.08 Å². The number of halogens is 3. The van der Waals surface area contributed by atoms with Crippen molar-refractivity contribution in [1.29, 1.82) is 0 Å². The van der Waals surface area contributed by atoms with Crippen molar-refractivity contribution >= 4 is 23.3 Å². The molecular weight excluding hydrogens is 379 g/mol. The predicted molar refractivity (Wildman–Crippen MR) is 90.1 cm³/mol. The van der Waals surface area contributed by atoms with Crippen molar-refractivity contribution in [2.24, 2.45) is 0 Å². The molecule has 0 spiro atoms. The quantitative estimate of drug-likeness (QED) is 0.740. The number of nitrogens with zero attached hydrogens (tertiary/aromatic N) is 5. The number of rotatable bonds is 4. The van der Waals surface area contributed by atoms with Crippen LogP contribution in [-0.2, 0) is 16.1 Å². The number of amides is 1. The van der Waals surface area contributed by atoms with Crippen molar-refractivity contribution in [3.8, 4) is 0 Å². The van der Waals surface area contributed by atoms with Gasteiger partial charge in [0.25, 0.3) is 0 Å². The van der Waals surface area contributed by atoms with Gasteiger partial charge in [0, 0.05) is 31.4 Å². The number of cyclic esters (lactones) is 1. The Bertz CT molecular complexity index is 963. The monoisotopic (exact) mass is 393 g/mol. The second-order valence-electron chi connectivity index (χ2n) is 6.32. The fourth-order valence-electron chi connectivity index (χ4n) is 3.13. The topological polar surface area (TPSA) is 80.6 Å². The lowest BCUT2D eigenvalue weighted by Crippen LogP contribution is -2.29. The van der Waals surface area contributed by atoms with Crippen LogP contribution in [0.15, 0.2) is 30.7 Å². The lowest BCUT2D eigenvalue weighted by molar-refractivity contribution is -0.114. The van der Waals surface area contributed by atoms with Crippen molar-refractivity contribution in [2.75, 3.05) is 22.9 Å². The molecule has 2 aliphatic heterocycles. The van der Waals surface area contributed by atoms with Crippen LogP contribution in [0.2, 0.25) is 0 Å². The van der Waals surface area contributed by atoms with E-state index >= 15 is 0 Å². The van der Waals surface area contributed by atoms with Crippen LogP contribution >= 0.6 is 0 Å². The minimum Gasteiger partial charge on any atom is -0.442 e. The van der Waals surface area contributed by atoms with E-state index in [0.29, 0.717) is 0 Å². The zero-order valence-corrected chi connectivity index (χ0v) is 14.4. The summed E-state index contributed by atoms with van der Waals surface area (Å²) in [5.41, 5.74) is -1.17. The minimum absolute atomic E-state index is 0.0215. The largest absolute Gasteiger partial charge is 0.442 e. The van der Waals surface area contributed by atoms with Crippen molar-refractivity contribution in [2.45, 2.75) is 19.1 Å². The average Bonchev–Trinajstić information content (AvgIpc) is 3.30. The first-order valence-electron chi connectivity index (χ1n) is 8.41. The Kier molecular flexibility index (Phi) is 4.49. The van der Waals surface area contributed by atoms with Crippen LogP contribution in [0.5, 0.6) is 0 Å². The molecule has 0 saturated carbocycles. The summed E-state index contributed by atoms with van der Waals surface area (Å²) < 4.78 is 50.4. The smallest absolute Gasteiger partial charge is 0.414 e. The number of anilines is 2. The van der Waals surface area contributed by atoms with Gasteiger partial charge in [0.15, 0.2) is 23.2 Å². The molecule has 1 fully saturated rings. The van der Waals surface area contributed by atoms with Gasteiger partial charge < -0.3 is 9.64 Å². The number of ketones is 1. The summed E-state index contributed by atoms with van der Waals surface area (Å²) in [4.78, 5) is 25.3. The Balaban J connectivity index is 1.61. The summed E-state index contributed by atoms with van der Waals surface area (Å²) in [7, 11) is 0. The van der Waals surface area contributed by atoms with Gasteiger partial charge in [0.2, 0.25) is 0 Å². The van der Waals surface area contributed by atoms with E-state index in [1.54, 1.807) is 6.20 Å². The van der Waals surface area contributed by atoms with Gasteiger partial charge in [-0.25, -0.2) is 22.6 Å². The van der Waals surface area contributed by atoms with Crippen LogP contribution < -0.4 is 9.80 Å². The molecule has 2 aliphatic rings. The lowest BCUT2D eigenvalue weighted by Gasteiger charge is -2.25. The zero-order valence-electron chi connectivity index (χ0n) is 14.4. The maximum absolute atomic E-state index is 14.7. The van der Waals surface area contributed by atoms with E-state index in [1.807, 2.05) is 0 Å². The van der Waals surface area contributed by atoms with Gasteiger partial charge in [-0.3, -0.25) is 9.69 Å². The number of benzene rings is 1. The summed E-state index contributed by atoms with van der Waals surface area (Å²) in [5.74, 6) is -4.06. The molecule has 4 rings (SSSR count). The zero-order chi connectivity index (χ0) is 19.8. The van der Waals surface area contributed by atoms with Crippen LogP contribution in [0.1, 0.15) is 6.42 Å². The van der Waals surface area contributed by atoms with Crippen LogP contribution in [0.4, 0.5) is 29.3 Å². The molecule has 0 radical (unpaired) electrons. The number of aromatic nitrogens is 3. The number of hydrogen-bond donors (Lipinski definition) is 0. The van der Waals surface area contributed by atoms with E-state index in [0.717, 1.165) is 15.9 Å². The van der Waals surface area contributed by atoms with E-state index in [9.17, 15) is 22.8 Å². The van der Waals surface area contributed by atoms with Crippen molar-refractivity contribution < 1.29 is 27.5 Å². The molecule has 3 heterocycles. The van der Waals surface area contributed by atoms with Gasteiger partial charge in [-0.1, -0.05) is 5.21 Å². The van der Waals surface area contributed by atoms with Gasteiger partial charge in [0.1, 0.15) is 11.8 Å². The maximum Gasteiger partial charge on any atom is 0.414 e. The molecule has 1 saturated heterocycles. The second kappa shape index (κ2) is 6.98. The van der Waals surface area contributed by atoms with Gasteiger partial charge in [-0.15, -0.1) is 5.10 Å². The molecule has 0 bridgehead atoms. The van der Waals surface area contributed by atoms with Crippen LogP contribution in [0.25, 0.3) is 0 Å². The molecule has 1 aromatic carbocycles. The fourth-order valence-corrected chi connectivity index (χ4v) is 3.13. The van der Waals surface area contributed by atoms with E-state index in [2.05, 4.69) is 10.3 Å². The number of carbonyl (C=O) groups is 2. The molecule has 146 valence electrons. The minimum atomic E-state index is -1.44. The standard InChI is InChI=1S/C17H14F3N5O3/c18-12-7-13(14(19)15(20)16(12)23-4-1-10(26)2-5-23)25-9-11(28-17(25)27)8-24-6-3-21-22-24/h1,3-4,6-7,11H,2,5,8-9H2. The van der Waals surface area contributed by atoms with Crippen molar-refractivity contribution in [3.05, 3.63) is 48.2 Å². The highest BCUT2D eigenvalue weighted by molar-refractivity contribution is 5.92. The Morgan fingerprint density at radius 1 is 1.21 bits per heavy atom. The Morgan fingerprint density at radius 3 is 2.71 bits per heavy atom. The van der Waals surface area contributed by atoms with Gasteiger partial charge in [-0.2, -0.15) is 0 Å². The predicted octanol–water partition coefficient (Wildman–Crippen LogP) is 2.01. The van der Waals surface area contributed by atoms with Crippen LogP contribution in [0, 0.1) is 17.5 Å². The highest BCUT2D eigenvalue weighted by atomic mass is 19.2. The van der Waals surface area contributed by atoms with Crippen LogP contribution in [0.3, 0.4) is 0 Å². The normalized spacial score (nSPS) is 19.5. The van der Waals surface area contributed by atoms with Crippen molar-refractivity contribution in [3.63, 3.8) is 0 Å². The molecule has 1 aromatic heterocycles. The number of hydrogen-bond acceptors (Lipinski definition) is 6. The summed E-state index contributed by atoms with van der Waals surface area (Å²) in [5, 5.41) is 7.37. The summed E-state index contributed by atoms with van der Waals surface area (Å²) >= 11 is 0. The van der Waals surface area contributed by atoms with Gasteiger partial charge in [0.05, 0.1) is 25.0 Å². The molecule has 11 heteroatoms. The Morgan fingerprint density at radius 2 is 2.04 bits per heavy atom. The molecular formula is C17H14F3N5O3. The summed E-state index contributed by atoms with van der Waals surface area (Å²) in [6, 6.07) is 0.747. The first-order valence-corrected chi connectivity index (χ1v) is 8.41. The third-order valence-electron chi connectivity index (χ3n) is 4.47. The molecule has 1 atom stereocenters. The van der Waals surface area contributed by atoms with Crippen molar-refractivity contribution in [1.82, 2.24) is 15.0 Å². The fraction of sp³-hybridized carbons (Fsp3) is 0.294. The first kappa shape index (κ1) is 18.0. The maximum atomic E-state index is 14.7. The highest BCUT2D eigenvalue weighted by Gasteiger charge is 2.36. The second-order valence-corrected chi connectivity index (χ2v) is 6.32. The SMILES string of the molecule is O=C1C=CN(c2c(F)cc(N3CC(Cn4ccnn4)OC3=O)c(F)c2F)CC1. The lowest BCUT2D eigenvalue weighted by atomic mass is 10.1. The number of carbonyl (C=O) groups excluding carboxylic acids is 2. The van der Waals surface area contributed by atoms with E-state index in [1.165, 1.54) is 23.2 Å². The molecule has 2 aromatic rings. The molecule has 1 amide bonds. The first-order chi connectivity index (χ1) is 13.4. The summed E-state index contributed by atoms with van der Waals surface area (Å²) in [6.07, 6.45) is 3.82. The van der Waals surface area contributed by atoms with Gasteiger partial charge >= 0.3 is 6.09 Å². The Labute approximate surface area is 156 Å². The average molecular weight is 393 g/mol. The van der Waals surface area contributed by atoms with Crippen LogP contribution in [-0.4, -0.2) is 46.1 Å². The molecule has 1 unspecified atom stereocenters. The third kappa shape index (κ3) is 3.19. The van der Waals surface area contributed by atoms with E-state index in [4.69, 9.17) is 4.74 Å². The molecule has 0 aliphatic carbocycles. The number of ether oxygens (including phenoxy) is 1. The molecule has 8 nitrogen and oxygen atoms in total. The third-order valence-corrected chi connectivity index (χ3v) is 4.47. The highest BCUT2D eigenvalue weighted by Crippen LogP contribution is 2.35. The summed E-state index contributed by atoms with van der Waals surface area (Å²) in [6.45, 7) is 0.0825. The number of allylic oxidation sites excluding steroid dienone is 1. The molecule has 0 N–H and O–H groups in total. The van der Waals surface area contributed by atoms with E-state index < -0.39 is 41.0 Å². The Hall–Kier alpha value is -3.37. The molecule has 28 heavy (non-hydrogen) atoms. The van der Waals surface area contributed by atoms with E-state index in [-0.39, 0.29) is 31.8 Å².